The zero-order valence-corrected chi connectivity index (χ0v) is 35.7. The molecular formula is C49H46N5OPt-3. The molecule has 1 aliphatic rings. The third-order valence-electron chi connectivity index (χ3n) is 10.4. The van der Waals surface area contributed by atoms with Gasteiger partial charge in [0.15, 0.2) is 5.69 Å². The van der Waals surface area contributed by atoms with Crippen LogP contribution in [-0.4, -0.2) is 9.55 Å². The van der Waals surface area contributed by atoms with E-state index in [4.69, 9.17) is 16.3 Å². The van der Waals surface area contributed by atoms with Crippen molar-refractivity contribution in [2.24, 2.45) is 0 Å². The third kappa shape index (κ3) is 6.99. The molecule has 2 aromatic heterocycles. The van der Waals surface area contributed by atoms with Crippen LogP contribution in [0.2, 0.25) is 0 Å². The molecule has 1 aliphatic heterocycles. The van der Waals surface area contributed by atoms with Crippen LogP contribution < -0.4 is 14.5 Å². The molecule has 0 amide bonds. The van der Waals surface area contributed by atoms with Crippen LogP contribution in [0.25, 0.3) is 32.5 Å². The molecule has 0 atom stereocenters. The number of ether oxygens (including phenoxy) is 1. The zero-order chi connectivity index (χ0) is 38.9. The minimum absolute atomic E-state index is 0. The van der Waals surface area contributed by atoms with Crippen molar-refractivity contribution >= 4 is 50.2 Å². The molecule has 0 saturated carbocycles. The van der Waals surface area contributed by atoms with Gasteiger partial charge in [-0.1, -0.05) is 98.2 Å². The van der Waals surface area contributed by atoms with Crippen molar-refractivity contribution in [1.82, 2.24) is 9.55 Å². The number of nitrogens with zero attached hydrogens (tertiary/aromatic N) is 5. The van der Waals surface area contributed by atoms with E-state index >= 15 is 0 Å². The maximum absolute atomic E-state index is 8.14. The zero-order valence-electron chi connectivity index (χ0n) is 33.4. The molecule has 0 fully saturated rings. The molecule has 0 N–H and O–H groups in total. The Morgan fingerprint density at radius 2 is 1.30 bits per heavy atom. The number of hydrogen-bond donors (Lipinski definition) is 0. The maximum atomic E-state index is 8.14. The number of benzene rings is 5. The Morgan fingerprint density at radius 3 is 1.96 bits per heavy atom. The van der Waals surface area contributed by atoms with Crippen LogP contribution in [0.4, 0.5) is 28.4 Å². The fourth-order valence-electron chi connectivity index (χ4n) is 7.46. The third-order valence-corrected chi connectivity index (χ3v) is 10.4. The van der Waals surface area contributed by atoms with E-state index in [2.05, 4.69) is 179 Å². The monoisotopic (exact) mass is 915 g/mol. The van der Waals surface area contributed by atoms with Crippen LogP contribution in [0.15, 0.2) is 109 Å². The first-order valence-electron chi connectivity index (χ1n) is 18.8. The average Bonchev–Trinajstić information content (AvgIpc) is 3.69. The van der Waals surface area contributed by atoms with Crippen LogP contribution in [0, 0.1) is 25.4 Å². The molecule has 0 unspecified atom stereocenters. The van der Waals surface area contributed by atoms with E-state index in [0.29, 0.717) is 11.5 Å². The van der Waals surface area contributed by atoms with Crippen molar-refractivity contribution in [2.75, 3.05) is 9.80 Å². The molecule has 5 aromatic carbocycles. The normalized spacial score (nSPS) is 13.1. The van der Waals surface area contributed by atoms with Gasteiger partial charge in [0.1, 0.15) is 5.82 Å². The SMILES string of the molecule is [C-]#[N+]c1c(C(C)(C)C)cc(N2[CH-]N(c3[c-]c(Oc4[c-]c5c(cc4)c4ccccc4n5-c4cc(C(C)(C)C)ccn4)ccc3)c3ccccc32)cc1C(C)(C)C.[Pt]. The molecule has 0 bridgehead atoms. The van der Waals surface area contributed by atoms with Gasteiger partial charge in [-0.05, 0) is 80.8 Å². The Labute approximate surface area is 345 Å². The number of aromatic nitrogens is 2. The second-order valence-corrected chi connectivity index (χ2v) is 17.4. The Morgan fingerprint density at radius 1 is 0.661 bits per heavy atom. The van der Waals surface area contributed by atoms with Crippen molar-refractivity contribution in [2.45, 2.75) is 78.6 Å². The number of pyridine rings is 1. The standard InChI is InChI=1S/C49H46N5O.Pt/c1-47(2,3)32-24-25-51-45(26-32)54-41-19-12-11-18-37(41)38-23-22-36(30-44(38)54)55-35-17-15-16-33(27-35)52-31-53(43-21-14-13-20-42(43)52)34-28-39(48(4,5)6)46(50-10)40(29-34)49(7,8)9;/h11-26,28-29,31H,1-9H3;/q-3;. The van der Waals surface area contributed by atoms with Crippen molar-refractivity contribution in [3.8, 4) is 17.3 Å². The van der Waals surface area contributed by atoms with Crippen LogP contribution >= 0.6 is 0 Å². The van der Waals surface area contributed by atoms with Gasteiger partial charge in [0.25, 0.3) is 0 Å². The molecule has 7 aromatic rings. The van der Waals surface area contributed by atoms with Gasteiger partial charge >= 0.3 is 0 Å². The summed E-state index contributed by atoms with van der Waals surface area (Å²) in [5.41, 5.74) is 9.51. The molecule has 7 heteroatoms. The van der Waals surface area contributed by atoms with E-state index < -0.39 is 0 Å². The van der Waals surface area contributed by atoms with Crippen molar-refractivity contribution in [1.29, 1.82) is 0 Å². The largest absolute Gasteiger partial charge is 0.509 e. The predicted molar refractivity (Wildman–Crippen MR) is 227 cm³/mol. The van der Waals surface area contributed by atoms with E-state index in [-0.39, 0.29) is 37.3 Å². The van der Waals surface area contributed by atoms with Gasteiger partial charge in [-0.15, -0.1) is 48.1 Å². The summed E-state index contributed by atoms with van der Waals surface area (Å²) < 4.78 is 8.73. The van der Waals surface area contributed by atoms with Crippen LogP contribution in [-0.2, 0) is 37.3 Å². The summed E-state index contributed by atoms with van der Waals surface area (Å²) in [6.45, 7) is 30.0. The van der Waals surface area contributed by atoms with Crippen molar-refractivity contribution in [3.05, 3.63) is 156 Å². The quantitative estimate of drug-likeness (QED) is 0.161. The molecule has 0 aliphatic carbocycles. The molecule has 3 heterocycles. The van der Waals surface area contributed by atoms with Crippen molar-refractivity contribution in [3.63, 3.8) is 0 Å². The summed E-state index contributed by atoms with van der Waals surface area (Å²) in [6, 6.07) is 42.6. The topological polar surface area (TPSA) is 37.9 Å². The first-order valence-corrected chi connectivity index (χ1v) is 18.8. The number of anilines is 4. The van der Waals surface area contributed by atoms with Crippen LogP contribution in [0.1, 0.15) is 79.0 Å². The molecule has 56 heavy (non-hydrogen) atoms. The molecular weight excluding hydrogens is 870 g/mol. The fourth-order valence-corrected chi connectivity index (χ4v) is 7.46. The maximum Gasteiger partial charge on any atom is 0.194 e. The van der Waals surface area contributed by atoms with E-state index in [0.717, 1.165) is 67.2 Å². The minimum atomic E-state index is -0.213. The minimum Gasteiger partial charge on any atom is -0.509 e. The van der Waals surface area contributed by atoms with Crippen molar-refractivity contribution < 1.29 is 25.8 Å². The average molecular weight is 916 g/mol. The summed E-state index contributed by atoms with van der Waals surface area (Å²) >= 11 is 0. The fraction of sp³-hybridized carbons (Fsp3) is 0.245. The number of hydrogen-bond acceptors (Lipinski definition) is 4. The first kappa shape index (κ1) is 38.9. The number of para-hydroxylation sites is 3. The predicted octanol–water partition coefficient (Wildman–Crippen LogP) is 13.4. The molecule has 6 nitrogen and oxygen atoms in total. The van der Waals surface area contributed by atoms with Gasteiger partial charge < -0.3 is 19.1 Å². The van der Waals surface area contributed by atoms with Gasteiger partial charge in [0.05, 0.1) is 6.57 Å². The van der Waals surface area contributed by atoms with Crippen LogP contribution in [0.3, 0.4) is 0 Å². The summed E-state index contributed by atoms with van der Waals surface area (Å²) in [5, 5.41) is 2.22. The Bertz CT molecular complexity index is 2610. The Balaban J connectivity index is 0.00000480. The number of fused-ring (bicyclic) bond motifs is 4. The smallest absolute Gasteiger partial charge is 0.194 e. The Kier molecular flexibility index (Phi) is 9.92. The van der Waals surface area contributed by atoms with Crippen LogP contribution in [0.5, 0.6) is 11.5 Å². The second-order valence-electron chi connectivity index (χ2n) is 17.4. The number of rotatable bonds is 5. The molecule has 286 valence electrons. The van der Waals surface area contributed by atoms with E-state index in [1.165, 1.54) is 5.56 Å². The summed E-state index contributed by atoms with van der Waals surface area (Å²) in [6.07, 6.45) is 1.89. The van der Waals surface area contributed by atoms with Gasteiger partial charge in [-0.3, -0.25) is 0 Å². The van der Waals surface area contributed by atoms with E-state index in [1.807, 2.05) is 30.5 Å². The van der Waals surface area contributed by atoms with E-state index in [9.17, 15) is 0 Å². The first-order chi connectivity index (χ1) is 26.1. The molecule has 8 rings (SSSR count). The summed E-state index contributed by atoms with van der Waals surface area (Å²) in [4.78, 5) is 13.3. The molecule has 0 spiro atoms. The Hall–Kier alpha value is -5.37. The molecule has 0 saturated heterocycles. The molecule has 0 radical (unpaired) electrons. The van der Waals surface area contributed by atoms with Gasteiger partial charge in [0.2, 0.25) is 0 Å². The summed E-state index contributed by atoms with van der Waals surface area (Å²) in [5.74, 6) is 2.02. The van der Waals surface area contributed by atoms with Gasteiger partial charge in [-0.25, -0.2) is 9.83 Å². The van der Waals surface area contributed by atoms with Gasteiger partial charge in [0, 0.05) is 61.3 Å². The second kappa shape index (κ2) is 14.3. The summed E-state index contributed by atoms with van der Waals surface area (Å²) in [7, 11) is 0. The van der Waals surface area contributed by atoms with E-state index in [1.54, 1.807) is 0 Å². The van der Waals surface area contributed by atoms with Gasteiger partial charge in [-0.2, -0.15) is 12.1 Å².